The first-order valence-electron chi connectivity index (χ1n) is 3.39. The molecule has 1 atom stereocenters. The highest BCUT2D eigenvalue weighted by molar-refractivity contribution is 5.62. The van der Waals surface area contributed by atoms with Crippen LogP contribution >= 0.6 is 0 Å². The molecule has 1 aliphatic heterocycles. The van der Waals surface area contributed by atoms with Gasteiger partial charge in [-0.1, -0.05) is 0 Å². The Morgan fingerprint density at radius 1 is 1.80 bits per heavy atom. The Hall–Kier alpha value is -0.770. The van der Waals surface area contributed by atoms with E-state index in [4.69, 9.17) is 0 Å². The van der Waals surface area contributed by atoms with E-state index in [-0.39, 0.29) is 6.04 Å². The van der Waals surface area contributed by atoms with Gasteiger partial charge in [0.25, 0.3) is 0 Å². The molecule has 0 saturated carbocycles. The average molecular weight is 143 g/mol. The molecule has 0 aromatic rings. The number of amides is 1. The van der Waals surface area contributed by atoms with Crippen LogP contribution < -0.4 is 10.4 Å². The molecule has 1 saturated heterocycles. The van der Waals surface area contributed by atoms with Crippen molar-refractivity contribution in [3.05, 3.63) is 0 Å². The van der Waals surface area contributed by atoms with Crippen molar-refractivity contribution in [1.82, 2.24) is 10.2 Å². The zero-order valence-corrected chi connectivity index (χ0v) is 5.96. The van der Waals surface area contributed by atoms with Gasteiger partial charge in [0, 0.05) is 25.7 Å². The lowest BCUT2D eigenvalue weighted by atomic mass is 10.2. The lowest BCUT2D eigenvalue weighted by Gasteiger charge is -2.33. The molecule has 0 aliphatic carbocycles. The molecule has 0 bridgehead atoms. The van der Waals surface area contributed by atoms with E-state index in [0.29, 0.717) is 13.1 Å². The van der Waals surface area contributed by atoms with Crippen molar-refractivity contribution in [2.24, 2.45) is 0 Å². The molecule has 1 rings (SSSR count). The largest absolute Gasteiger partial charge is 0.530 e. The van der Waals surface area contributed by atoms with Gasteiger partial charge in [0.15, 0.2) is 0 Å². The van der Waals surface area contributed by atoms with Crippen LogP contribution in [0.4, 0.5) is 4.79 Å². The summed E-state index contributed by atoms with van der Waals surface area (Å²) in [5, 5.41) is 13.4. The zero-order valence-electron chi connectivity index (χ0n) is 5.96. The third-order valence-corrected chi connectivity index (χ3v) is 1.63. The first-order valence-corrected chi connectivity index (χ1v) is 3.39. The van der Waals surface area contributed by atoms with Gasteiger partial charge in [-0.05, 0) is 6.92 Å². The van der Waals surface area contributed by atoms with Gasteiger partial charge < -0.3 is 20.1 Å². The second-order valence-electron chi connectivity index (χ2n) is 2.57. The molecule has 1 unspecified atom stereocenters. The molecule has 0 spiro atoms. The third-order valence-electron chi connectivity index (χ3n) is 1.63. The second-order valence-corrected chi connectivity index (χ2v) is 2.57. The second kappa shape index (κ2) is 2.88. The summed E-state index contributed by atoms with van der Waals surface area (Å²) in [6.45, 7) is 3.78. The normalized spacial score (nSPS) is 26.5. The van der Waals surface area contributed by atoms with Crippen molar-refractivity contribution in [2.45, 2.75) is 13.0 Å². The van der Waals surface area contributed by atoms with Crippen molar-refractivity contribution in [3.63, 3.8) is 0 Å². The highest BCUT2D eigenvalue weighted by Crippen LogP contribution is 1.96. The van der Waals surface area contributed by atoms with Crippen molar-refractivity contribution in [3.8, 4) is 0 Å². The van der Waals surface area contributed by atoms with Gasteiger partial charge in [0.05, 0.1) is 0 Å². The Morgan fingerprint density at radius 2 is 2.50 bits per heavy atom. The smallest absolute Gasteiger partial charge is 0.137 e. The number of piperazine rings is 1. The highest BCUT2D eigenvalue weighted by Gasteiger charge is 2.13. The molecule has 4 heteroatoms. The number of nitrogens with one attached hydrogen (secondary N) is 1. The summed E-state index contributed by atoms with van der Waals surface area (Å²) in [6.07, 6.45) is -1.06. The van der Waals surface area contributed by atoms with E-state index in [1.807, 2.05) is 6.92 Å². The molecule has 4 nitrogen and oxygen atoms in total. The Kier molecular flexibility index (Phi) is 2.11. The van der Waals surface area contributed by atoms with E-state index in [9.17, 15) is 9.90 Å². The predicted molar refractivity (Wildman–Crippen MR) is 34.4 cm³/mol. The van der Waals surface area contributed by atoms with Crippen molar-refractivity contribution in [2.75, 3.05) is 19.6 Å². The molecule has 1 fully saturated rings. The summed E-state index contributed by atoms with van der Waals surface area (Å²) >= 11 is 0. The van der Waals surface area contributed by atoms with Crippen LogP contribution in [-0.4, -0.2) is 36.7 Å². The summed E-state index contributed by atoms with van der Waals surface area (Å²) in [5.41, 5.74) is 0. The molecular weight excluding hydrogens is 132 g/mol. The molecule has 10 heavy (non-hydrogen) atoms. The van der Waals surface area contributed by atoms with Gasteiger partial charge in [-0.3, -0.25) is 0 Å². The molecule has 1 aliphatic rings. The molecule has 58 valence electrons. The van der Waals surface area contributed by atoms with Crippen LogP contribution in [0.25, 0.3) is 0 Å². The fourth-order valence-corrected chi connectivity index (χ4v) is 1.10. The number of hydrogen-bond donors (Lipinski definition) is 1. The van der Waals surface area contributed by atoms with Crippen LogP contribution in [0.5, 0.6) is 0 Å². The van der Waals surface area contributed by atoms with Crippen LogP contribution in [0, 0.1) is 0 Å². The van der Waals surface area contributed by atoms with Crippen LogP contribution in [0.15, 0.2) is 0 Å². The summed E-state index contributed by atoms with van der Waals surface area (Å²) in [4.78, 5) is 11.6. The Balaban J connectivity index is 2.39. The number of rotatable bonds is 0. The summed E-state index contributed by atoms with van der Waals surface area (Å²) in [7, 11) is 0. The topological polar surface area (TPSA) is 55.4 Å². The predicted octanol–water partition coefficient (Wildman–Crippen LogP) is -1.38. The first-order chi connectivity index (χ1) is 4.70. The third kappa shape index (κ3) is 1.60. The highest BCUT2D eigenvalue weighted by atomic mass is 16.4. The molecule has 0 aromatic carbocycles. The van der Waals surface area contributed by atoms with E-state index in [1.165, 1.54) is 4.90 Å². The van der Waals surface area contributed by atoms with Crippen molar-refractivity contribution < 1.29 is 9.90 Å². The fraction of sp³-hybridized carbons (Fsp3) is 0.833. The van der Waals surface area contributed by atoms with Gasteiger partial charge in [0.2, 0.25) is 0 Å². The number of carbonyl (C=O) groups is 1. The Labute approximate surface area is 59.8 Å². The molecular formula is C6H11N2O2-. The minimum absolute atomic E-state index is 0.256. The minimum atomic E-state index is -1.06. The van der Waals surface area contributed by atoms with Crippen molar-refractivity contribution >= 4 is 6.09 Å². The van der Waals surface area contributed by atoms with Crippen LogP contribution in [0.3, 0.4) is 0 Å². The minimum Gasteiger partial charge on any atom is -0.530 e. The Morgan fingerprint density at radius 3 is 2.90 bits per heavy atom. The maximum absolute atomic E-state index is 10.3. The monoisotopic (exact) mass is 143 g/mol. The number of hydrogen-bond acceptors (Lipinski definition) is 3. The summed E-state index contributed by atoms with van der Waals surface area (Å²) < 4.78 is 0. The number of carbonyl (C=O) groups excluding carboxylic acids is 1. The van der Waals surface area contributed by atoms with Gasteiger partial charge >= 0.3 is 0 Å². The molecule has 1 heterocycles. The van der Waals surface area contributed by atoms with Gasteiger partial charge in [0.1, 0.15) is 6.09 Å². The Bertz CT molecular complexity index is 138. The van der Waals surface area contributed by atoms with Crippen molar-refractivity contribution in [1.29, 1.82) is 0 Å². The first kappa shape index (κ1) is 7.34. The number of carboxylic acid groups (broad SMARTS) is 1. The maximum atomic E-state index is 10.3. The maximum Gasteiger partial charge on any atom is 0.137 e. The summed E-state index contributed by atoms with van der Waals surface area (Å²) in [5.74, 6) is 0. The molecule has 0 aromatic heterocycles. The van der Waals surface area contributed by atoms with Gasteiger partial charge in [-0.2, -0.15) is 0 Å². The van der Waals surface area contributed by atoms with E-state index >= 15 is 0 Å². The van der Waals surface area contributed by atoms with Gasteiger partial charge in [-0.25, -0.2) is 0 Å². The standard InChI is InChI=1S/C6H12N2O2/c1-5-4-8(6(9)10)3-2-7-5/h5,7H,2-4H2,1H3,(H,9,10)/p-1. The zero-order chi connectivity index (χ0) is 7.56. The van der Waals surface area contributed by atoms with Crippen LogP contribution in [0.2, 0.25) is 0 Å². The van der Waals surface area contributed by atoms with Crippen LogP contribution in [0.1, 0.15) is 6.92 Å². The van der Waals surface area contributed by atoms with Crippen LogP contribution in [-0.2, 0) is 0 Å². The van der Waals surface area contributed by atoms with E-state index < -0.39 is 6.09 Å². The van der Waals surface area contributed by atoms with E-state index in [2.05, 4.69) is 5.32 Å². The van der Waals surface area contributed by atoms with E-state index in [1.54, 1.807) is 0 Å². The fourth-order valence-electron chi connectivity index (χ4n) is 1.10. The molecule has 1 amide bonds. The molecule has 1 N–H and O–H groups in total. The lowest BCUT2D eigenvalue weighted by Crippen LogP contribution is -2.54. The number of nitrogens with zero attached hydrogens (tertiary/aromatic N) is 1. The average Bonchev–Trinajstić information content (AvgIpc) is 1.88. The molecule has 0 radical (unpaired) electrons. The summed E-state index contributed by atoms with van der Waals surface area (Å²) in [6, 6.07) is 0.256. The van der Waals surface area contributed by atoms with Gasteiger partial charge in [-0.15, -0.1) is 0 Å². The quantitative estimate of drug-likeness (QED) is 0.455. The van der Waals surface area contributed by atoms with E-state index in [0.717, 1.165) is 6.54 Å². The lowest BCUT2D eigenvalue weighted by molar-refractivity contribution is -0.266. The SMILES string of the molecule is CC1CN(C(=O)[O-])CCN1.